The third-order valence-electron chi connectivity index (χ3n) is 6.55. The van der Waals surface area contributed by atoms with Crippen molar-refractivity contribution in [1.29, 1.82) is 0 Å². The van der Waals surface area contributed by atoms with Gasteiger partial charge in [-0.05, 0) is 32.6 Å². The minimum atomic E-state index is -0.792. The first-order chi connectivity index (χ1) is 10.9. The van der Waals surface area contributed by atoms with E-state index in [4.69, 9.17) is 24.0 Å². The quantitative estimate of drug-likeness (QED) is 0.784. The zero-order valence-electron chi connectivity index (χ0n) is 14.4. The van der Waals surface area contributed by atoms with Gasteiger partial charge < -0.3 is 19.3 Å². The van der Waals surface area contributed by atoms with Gasteiger partial charge in [-0.2, -0.15) is 0 Å². The monoisotopic (exact) mass is 328 g/mol. The van der Waals surface area contributed by atoms with Crippen molar-refractivity contribution in [2.75, 3.05) is 6.61 Å². The van der Waals surface area contributed by atoms with Crippen molar-refractivity contribution in [3.63, 3.8) is 0 Å². The fourth-order valence-electron chi connectivity index (χ4n) is 5.18. The lowest BCUT2D eigenvalue weighted by molar-refractivity contribution is -0.578. The Bertz CT molecular complexity index is 468. The van der Waals surface area contributed by atoms with Crippen LogP contribution in [0.1, 0.15) is 47.0 Å². The normalized spacial score (nSPS) is 58.6. The van der Waals surface area contributed by atoms with Crippen LogP contribution in [0.15, 0.2) is 0 Å². The molecule has 6 nitrogen and oxygen atoms in total. The van der Waals surface area contributed by atoms with Gasteiger partial charge in [0.05, 0.1) is 6.10 Å². The molecule has 5 fully saturated rings. The summed E-state index contributed by atoms with van der Waals surface area (Å²) < 4.78 is 18.2. The molecule has 23 heavy (non-hydrogen) atoms. The number of aliphatic hydroxyl groups is 1. The lowest BCUT2D eigenvalue weighted by Gasteiger charge is -2.60. The minimum Gasteiger partial charge on any atom is -0.393 e. The Labute approximate surface area is 137 Å². The molecule has 0 aromatic carbocycles. The van der Waals surface area contributed by atoms with Crippen molar-refractivity contribution >= 4 is 0 Å². The molecule has 0 amide bonds. The molecular formula is C17H28O6. The van der Waals surface area contributed by atoms with Crippen molar-refractivity contribution in [3.05, 3.63) is 0 Å². The average molecular weight is 328 g/mol. The van der Waals surface area contributed by atoms with Crippen LogP contribution in [-0.2, 0) is 24.0 Å². The second-order valence-corrected chi connectivity index (χ2v) is 7.84. The predicted octanol–water partition coefficient (Wildman–Crippen LogP) is 2.20. The molecule has 6 heteroatoms. The van der Waals surface area contributed by atoms with Crippen molar-refractivity contribution in [1.82, 2.24) is 0 Å². The molecule has 0 aromatic rings. The van der Waals surface area contributed by atoms with E-state index in [1.165, 1.54) is 0 Å². The highest BCUT2D eigenvalue weighted by Crippen LogP contribution is 2.60. The Morgan fingerprint density at radius 2 is 1.96 bits per heavy atom. The Morgan fingerprint density at radius 1 is 1.17 bits per heavy atom. The van der Waals surface area contributed by atoms with E-state index in [0.717, 1.165) is 12.8 Å². The third kappa shape index (κ3) is 2.16. The van der Waals surface area contributed by atoms with Gasteiger partial charge in [-0.25, -0.2) is 9.78 Å². The second kappa shape index (κ2) is 5.38. The van der Waals surface area contributed by atoms with E-state index in [1.54, 1.807) is 0 Å². The van der Waals surface area contributed by atoms with Gasteiger partial charge >= 0.3 is 0 Å². The smallest absolute Gasteiger partial charge is 0.201 e. The number of ether oxygens (including phenoxy) is 3. The zero-order valence-corrected chi connectivity index (χ0v) is 14.4. The summed E-state index contributed by atoms with van der Waals surface area (Å²) in [5, 5.41) is 10.6. The van der Waals surface area contributed by atoms with Crippen molar-refractivity contribution < 1.29 is 29.1 Å². The molecule has 4 saturated heterocycles. The van der Waals surface area contributed by atoms with Crippen LogP contribution in [0.5, 0.6) is 0 Å². The van der Waals surface area contributed by atoms with Gasteiger partial charge in [0.2, 0.25) is 5.79 Å². The lowest BCUT2D eigenvalue weighted by Crippen LogP contribution is -2.72. The topological polar surface area (TPSA) is 66.4 Å². The maximum atomic E-state index is 10.6. The number of hydrogen-bond acceptors (Lipinski definition) is 6. The molecular weight excluding hydrogens is 300 g/mol. The maximum absolute atomic E-state index is 10.6. The molecule has 1 spiro atoms. The molecule has 0 unspecified atom stereocenters. The molecule has 5 aliphatic rings. The van der Waals surface area contributed by atoms with Crippen molar-refractivity contribution in [2.45, 2.75) is 77.0 Å². The van der Waals surface area contributed by atoms with Crippen LogP contribution in [-0.4, -0.2) is 41.8 Å². The summed E-state index contributed by atoms with van der Waals surface area (Å²) in [6.07, 6.45) is 1.10. The summed E-state index contributed by atoms with van der Waals surface area (Å²) >= 11 is 0. The van der Waals surface area contributed by atoms with Gasteiger partial charge in [-0.3, -0.25) is 0 Å². The molecule has 132 valence electrons. The molecule has 4 aliphatic heterocycles. The molecule has 9 atom stereocenters. The minimum absolute atomic E-state index is 0.0802. The first kappa shape index (κ1) is 16.2. The molecule has 0 radical (unpaired) electrons. The van der Waals surface area contributed by atoms with E-state index in [-0.39, 0.29) is 36.1 Å². The Balaban J connectivity index is 1.77. The summed E-state index contributed by atoms with van der Waals surface area (Å²) in [6, 6.07) is 0. The number of rotatable bonds is 2. The van der Waals surface area contributed by atoms with E-state index < -0.39 is 17.7 Å². The molecule has 1 aliphatic carbocycles. The summed E-state index contributed by atoms with van der Waals surface area (Å²) in [4.78, 5) is 11.8. The van der Waals surface area contributed by atoms with Crippen LogP contribution in [0, 0.1) is 23.7 Å². The van der Waals surface area contributed by atoms with Gasteiger partial charge in [0, 0.05) is 30.8 Å². The maximum Gasteiger partial charge on any atom is 0.201 e. The number of fused-ring (bicyclic) bond motifs is 2. The van der Waals surface area contributed by atoms with Crippen LogP contribution in [0.2, 0.25) is 0 Å². The largest absolute Gasteiger partial charge is 0.393 e. The number of hydrogen-bond donors (Lipinski definition) is 1. The molecule has 5 rings (SSSR count). The van der Waals surface area contributed by atoms with Crippen molar-refractivity contribution in [3.8, 4) is 0 Å². The number of aliphatic hydroxyl groups excluding tert-OH is 1. The summed E-state index contributed by atoms with van der Waals surface area (Å²) in [6.45, 7) is 8.64. The highest BCUT2D eigenvalue weighted by molar-refractivity contribution is 5.10. The molecule has 2 bridgehead atoms. The Kier molecular flexibility index (Phi) is 3.80. The fourth-order valence-corrected chi connectivity index (χ4v) is 5.18. The average Bonchev–Trinajstić information content (AvgIpc) is 2.74. The van der Waals surface area contributed by atoms with E-state index >= 15 is 0 Å². The SMILES string of the molecule is CCO[C@H]1O[C@@H]2O[C@@]3(C)CC[C@H]4[C@H](C)[C@H](O)C[C@@H]([C@H]1C)[C@@]24OO3. The van der Waals surface area contributed by atoms with Gasteiger partial charge in [0.15, 0.2) is 18.2 Å². The Hall–Kier alpha value is -0.240. The van der Waals surface area contributed by atoms with Crippen LogP contribution in [0.4, 0.5) is 0 Å². The third-order valence-corrected chi connectivity index (χ3v) is 6.55. The van der Waals surface area contributed by atoms with Crippen LogP contribution < -0.4 is 0 Å². The molecule has 1 N–H and O–H groups in total. The summed E-state index contributed by atoms with van der Waals surface area (Å²) in [7, 11) is 0. The molecule has 1 saturated carbocycles. The van der Waals surface area contributed by atoms with E-state index in [1.807, 2.05) is 13.8 Å². The van der Waals surface area contributed by atoms with Crippen LogP contribution in [0.25, 0.3) is 0 Å². The second-order valence-electron chi connectivity index (χ2n) is 7.84. The van der Waals surface area contributed by atoms with Crippen molar-refractivity contribution in [2.24, 2.45) is 23.7 Å². The first-order valence-electron chi connectivity index (χ1n) is 8.91. The zero-order chi connectivity index (χ0) is 16.4. The van der Waals surface area contributed by atoms with Gasteiger partial charge in [0.25, 0.3) is 0 Å². The fraction of sp³-hybridized carbons (Fsp3) is 1.00. The standard InChI is InChI=1S/C17H28O6/c1-5-19-14-10(3)12-8-13(18)9(2)11-6-7-16(4)21-15(20-14)17(11,12)23-22-16/h9-15,18H,5-8H2,1-4H3/t9-,10+,11-,12-,13+,14-,15+,16+,17+/m0/s1. The van der Waals surface area contributed by atoms with Gasteiger partial charge in [-0.1, -0.05) is 13.8 Å². The van der Waals surface area contributed by atoms with Gasteiger partial charge in [-0.15, -0.1) is 0 Å². The summed E-state index contributed by atoms with van der Waals surface area (Å²) in [5.41, 5.74) is -0.651. The Morgan fingerprint density at radius 3 is 2.70 bits per heavy atom. The highest BCUT2D eigenvalue weighted by Gasteiger charge is 2.70. The van der Waals surface area contributed by atoms with Crippen LogP contribution in [0.3, 0.4) is 0 Å². The van der Waals surface area contributed by atoms with Crippen LogP contribution >= 0.6 is 0 Å². The van der Waals surface area contributed by atoms with E-state index in [9.17, 15) is 5.11 Å². The first-order valence-corrected chi connectivity index (χ1v) is 8.91. The van der Waals surface area contributed by atoms with E-state index in [0.29, 0.717) is 13.0 Å². The van der Waals surface area contributed by atoms with Gasteiger partial charge in [0.1, 0.15) is 0 Å². The predicted molar refractivity (Wildman–Crippen MR) is 79.8 cm³/mol. The summed E-state index contributed by atoms with van der Waals surface area (Å²) in [5.74, 6) is -0.335. The lowest BCUT2D eigenvalue weighted by atomic mass is 9.57. The molecule has 0 aromatic heterocycles. The molecule has 4 heterocycles. The highest BCUT2D eigenvalue weighted by atomic mass is 17.3. The van der Waals surface area contributed by atoms with E-state index in [2.05, 4.69) is 13.8 Å².